The molecule has 18 heavy (non-hydrogen) atoms. The van der Waals surface area contributed by atoms with Crippen LogP contribution in [0.1, 0.15) is 19.8 Å². The Morgan fingerprint density at radius 1 is 1.44 bits per heavy atom. The van der Waals surface area contributed by atoms with Crippen LogP contribution in [0.4, 0.5) is 0 Å². The van der Waals surface area contributed by atoms with E-state index in [1.807, 2.05) is 31.2 Å². The number of carbonyl (C=O) groups is 1. The highest BCUT2D eigenvalue weighted by atomic mass is 35.5. The van der Waals surface area contributed by atoms with Gasteiger partial charge in [0.15, 0.2) is 0 Å². The molecule has 1 amide bonds. The summed E-state index contributed by atoms with van der Waals surface area (Å²) < 4.78 is 0. The Kier molecular flexibility index (Phi) is 7.16. The van der Waals surface area contributed by atoms with E-state index in [4.69, 9.17) is 11.6 Å². The highest BCUT2D eigenvalue weighted by molar-refractivity contribution is 7.99. The lowest BCUT2D eigenvalue weighted by atomic mass is 10.3. The van der Waals surface area contributed by atoms with Crippen LogP contribution in [-0.4, -0.2) is 29.4 Å². The van der Waals surface area contributed by atoms with Gasteiger partial charge in [0, 0.05) is 28.6 Å². The van der Waals surface area contributed by atoms with Gasteiger partial charge in [-0.25, -0.2) is 0 Å². The molecule has 1 aromatic rings. The van der Waals surface area contributed by atoms with Gasteiger partial charge in [0.05, 0.1) is 6.10 Å². The van der Waals surface area contributed by atoms with Gasteiger partial charge in [-0.2, -0.15) is 0 Å². The van der Waals surface area contributed by atoms with Gasteiger partial charge in [-0.3, -0.25) is 4.79 Å². The molecule has 1 unspecified atom stereocenters. The molecule has 5 heteroatoms. The van der Waals surface area contributed by atoms with Gasteiger partial charge in [-0.1, -0.05) is 18.5 Å². The molecule has 0 spiro atoms. The maximum atomic E-state index is 11.5. The Morgan fingerprint density at radius 3 is 2.72 bits per heavy atom. The molecule has 1 atom stereocenters. The first-order valence-corrected chi connectivity index (χ1v) is 7.31. The molecule has 0 fully saturated rings. The van der Waals surface area contributed by atoms with E-state index in [1.165, 1.54) is 0 Å². The molecule has 0 aliphatic heterocycles. The molecule has 1 aromatic carbocycles. The van der Waals surface area contributed by atoms with Crippen LogP contribution in [0.2, 0.25) is 5.02 Å². The quantitative estimate of drug-likeness (QED) is 0.758. The number of amides is 1. The van der Waals surface area contributed by atoms with Crippen molar-refractivity contribution in [2.75, 3.05) is 12.3 Å². The first kappa shape index (κ1) is 15.3. The number of benzene rings is 1. The van der Waals surface area contributed by atoms with Crippen molar-refractivity contribution in [3.63, 3.8) is 0 Å². The summed E-state index contributed by atoms with van der Waals surface area (Å²) in [5.41, 5.74) is 0. The lowest BCUT2D eigenvalue weighted by Gasteiger charge is -2.09. The van der Waals surface area contributed by atoms with Gasteiger partial charge in [-0.15, -0.1) is 11.8 Å². The molecule has 0 bridgehead atoms. The third kappa shape index (κ3) is 6.28. The first-order chi connectivity index (χ1) is 8.61. The van der Waals surface area contributed by atoms with E-state index >= 15 is 0 Å². The van der Waals surface area contributed by atoms with Crippen molar-refractivity contribution < 1.29 is 9.90 Å². The van der Waals surface area contributed by atoms with E-state index < -0.39 is 6.10 Å². The predicted molar refractivity (Wildman–Crippen MR) is 76.1 cm³/mol. The minimum atomic E-state index is -0.446. The molecule has 0 saturated carbocycles. The zero-order valence-electron chi connectivity index (χ0n) is 10.4. The third-order valence-electron chi connectivity index (χ3n) is 2.42. The fourth-order valence-electron chi connectivity index (χ4n) is 1.26. The molecular weight excluding hydrogens is 270 g/mol. The standard InChI is InChI=1S/C13H18ClNO2S/c1-2-11(16)9-15-13(17)7-8-18-12-5-3-10(14)4-6-12/h3-6,11,16H,2,7-9H2,1H3,(H,15,17). The fraction of sp³-hybridized carbons (Fsp3) is 0.462. The Bertz CT molecular complexity index is 370. The molecule has 0 saturated heterocycles. The summed E-state index contributed by atoms with van der Waals surface area (Å²) in [6.45, 7) is 2.22. The van der Waals surface area contributed by atoms with Crippen LogP contribution in [0.25, 0.3) is 0 Å². The summed E-state index contributed by atoms with van der Waals surface area (Å²) in [6.07, 6.45) is 0.654. The first-order valence-electron chi connectivity index (χ1n) is 5.95. The maximum absolute atomic E-state index is 11.5. The minimum Gasteiger partial charge on any atom is -0.391 e. The number of thioether (sulfide) groups is 1. The maximum Gasteiger partial charge on any atom is 0.220 e. The number of rotatable bonds is 7. The van der Waals surface area contributed by atoms with Crippen molar-refractivity contribution in [2.24, 2.45) is 0 Å². The van der Waals surface area contributed by atoms with Gasteiger partial charge in [0.1, 0.15) is 0 Å². The topological polar surface area (TPSA) is 49.3 Å². The summed E-state index contributed by atoms with van der Waals surface area (Å²) in [6, 6.07) is 7.54. The highest BCUT2D eigenvalue weighted by Gasteiger charge is 2.05. The molecule has 0 aromatic heterocycles. The SMILES string of the molecule is CCC(O)CNC(=O)CCSc1ccc(Cl)cc1. The van der Waals surface area contributed by atoms with Crippen molar-refractivity contribution in [3.8, 4) is 0 Å². The van der Waals surface area contributed by atoms with Crippen molar-refractivity contribution in [1.82, 2.24) is 5.32 Å². The second-order valence-corrected chi connectivity index (χ2v) is 5.52. The molecule has 0 radical (unpaired) electrons. The molecule has 1 rings (SSSR count). The number of hydrogen-bond acceptors (Lipinski definition) is 3. The van der Waals surface area contributed by atoms with E-state index in [0.717, 1.165) is 10.6 Å². The summed E-state index contributed by atoms with van der Waals surface area (Å²) in [7, 11) is 0. The monoisotopic (exact) mass is 287 g/mol. The van der Waals surface area contributed by atoms with Crippen molar-refractivity contribution in [2.45, 2.75) is 30.8 Å². The number of hydrogen-bond donors (Lipinski definition) is 2. The van der Waals surface area contributed by atoms with Crippen LogP contribution in [0.5, 0.6) is 0 Å². The number of nitrogens with one attached hydrogen (secondary N) is 1. The summed E-state index contributed by atoms with van der Waals surface area (Å²) in [5.74, 6) is 0.694. The van der Waals surface area contributed by atoms with E-state index in [9.17, 15) is 9.90 Å². The molecule has 100 valence electrons. The van der Waals surface area contributed by atoms with Crippen LogP contribution < -0.4 is 5.32 Å². The molecular formula is C13H18ClNO2S. The average molecular weight is 288 g/mol. The highest BCUT2D eigenvalue weighted by Crippen LogP contribution is 2.20. The summed E-state index contributed by atoms with van der Waals surface area (Å²) in [4.78, 5) is 12.5. The van der Waals surface area contributed by atoms with Crippen molar-refractivity contribution >= 4 is 29.3 Å². The Balaban J connectivity index is 2.17. The van der Waals surface area contributed by atoms with Crippen molar-refractivity contribution in [3.05, 3.63) is 29.3 Å². The van der Waals surface area contributed by atoms with Gasteiger partial charge in [-0.05, 0) is 30.7 Å². The van der Waals surface area contributed by atoms with Crippen LogP contribution in [0.3, 0.4) is 0 Å². The summed E-state index contributed by atoms with van der Waals surface area (Å²) in [5, 5.41) is 12.7. The molecule has 0 aliphatic rings. The van der Waals surface area contributed by atoms with Crippen LogP contribution >= 0.6 is 23.4 Å². The van der Waals surface area contributed by atoms with Gasteiger partial charge in [0.25, 0.3) is 0 Å². The number of halogens is 1. The van der Waals surface area contributed by atoms with E-state index in [2.05, 4.69) is 5.32 Å². The Labute approximate surface area is 117 Å². The zero-order chi connectivity index (χ0) is 13.4. The largest absolute Gasteiger partial charge is 0.391 e. The second-order valence-electron chi connectivity index (χ2n) is 3.92. The molecule has 0 aliphatic carbocycles. The summed E-state index contributed by atoms with van der Waals surface area (Å²) >= 11 is 7.40. The van der Waals surface area contributed by atoms with Crippen LogP contribution in [0, 0.1) is 0 Å². The molecule has 0 heterocycles. The van der Waals surface area contributed by atoms with Crippen LogP contribution in [0.15, 0.2) is 29.2 Å². The minimum absolute atomic E-state index is 0.0241. The van der Waals surface area contributed by atoms with E-state index in [-0.39, 0.29) is 5.91 Å². The van der Waals surface area contributed by atoms with Crippen molar-refractivity contribution in [1.29, 1.82) is 0 Å². The van der Waals surface area contributed by atoms with Gasteiger partial charge < -0.3 is 10.4 Å². The van der Waals surface area contributed by atoms with E-state index in [0.29, 0.717) is 24.4 Å². The van der Waals surface area contributed by atoms with Gasteiger partial charge >= 0.3 is 0 Å². The lowest BCUT2D eigenvalue weighted by Crippen LogP contribution is -2.31. The fourth-order valence-corrected chi connectivity index (χ4v) is 2.23. The number of aliphatic hydroxyl groups is 1. The normalized spacial score (nSPS) is 12.2. The number of carbonyl (C=O) groups excluding carboxylic acids is 1. The van der Waals surface area contributed by atoms with Crippen LogP contribution in [-0.2, 0) is 4.79 Å². The molecule has 2 N–H and O–H groups in total. The Hall–Kier alpha value is -0.710. The third-order valence-corrected chi connectivity index (χ3v) is 3.68. The number of aliphatic hydroxyl groups excluding tert-OH is 1. The zero-order valence-corrected chi connectivity index (χ0v) is 11.9. The van der Waals surface area contributed by atoms with Gasteiger partial charge in [0.2, 0.25) is 5.91 Å². The van der Waals surface area contributed by atoms with E-state index in [1.54, 1.807) is 11.8 Å². The predicted octanol–water partition coefficient (Wildman–Crippen LogP) is 2.71. The second kappa shape index (κ2) is 8.40. The molecule has 3 nitrogen and oxygen atoms in total. The lowest BCUT2D eigenvalue weighted by molar-refractivity contribution is -0.121. The Morgan fingerprint density at radius 2 is 2.11 bits per heavy atom. The average Bonchev–Trinajstić information content (AvgIpc) is 2.38. The smallest absolute Gasteiger partial charge is 0.220 e.